The number of rotatable bonds is 5. The Morgan fingerprint density at radius 3 is 2.38 bits per heavy atom. The number of amides is 1. The molecule has 2 rings (SSSR count). The van der Waals surface area contributed by atoms with Crippen LogP contribution in [-0.4, -0.2) is 20.4 Å². The van der Waals surface area contributed by atoms with E-state index in [0.29, 0.717) is 10.7 Å². The number of anilines is 1. The van der Waals surface area contributed by atoms with Crippen molar-refractivity contribution in [2.24, 2.45) is 0 Å². The van der Waals surface area contributed by atoms with Crippen LogP contribution < -0.4 is 10.0 Å². The van der Waals surface area contributed by atoms with E-state index >= 15 is 0 Å². The summed E-state index contributed by atoms with van der Waals surface area (Å²) in [5.74, 6) is -0.565. The molecule has 0 fully saturated rings. The number of benzene rings is 2. The Bertz CT molecular complexity index is 872. The zero-order chi connectivity index (χ0) is 17.9. The van der Waals surface area contributed by atoms with E-state index in [9.17, 15) is 13.2 Å². The van der Waals surface area contributed by atoms with E-state index in [4.69, 9.17) is 34.8 Å². The molecule has 9 heteroatoms. The van der Waals surface area contributed by atoms with Crippen molar-refractivity contribution in [2.45, 2.75) is 17.9 Å². The van der Waals surface area contributed by atoms with Crippen molar-refractivity contribution in [3.63, 3.8) is 0 Å². The zero-order valence-electron chi connectivity index (χ0n) is 12.4. The lowest BCUT2D eigenvalue weighted by atomic mass is 10.3. The van der Waals surface area contributed by atoms with Crippen LogP contribution in [0.25, 0.3) is 0 Å². The monoisotopic (exact) mass is 406 g/mol. The van der Waals surface area contributed by atoms with Crippen LogP contribution >= 0.6 is 34.8 Å². The first-order valence-corrected chi connectivity index (χ1v) is 9.35. The third-order valence-electron chi connectivity index (χ3n) is 3.04. The quantitative estimate of drug-likeness (QED) is 0.788. The molecule has 0 saturated carbocycles. The largest absolute Gasteiger partial charge is 0.323 e. The van der Waals surface area contributed by atoms with Crippen molar-refractivity contribution in [3.05, 3.63) is 57.5 Å². The second-order valence-electron chi connectivity index (χ2n) is 4.89. The highest BCUT2D eigenvalue weighted by Gasteiger charge is 2.24. The molecule has 128 valence electrons. The lowest BCUT2D eigenvalue weighted by Crippen LogP contribution is -2.41. The Kier molecular flexibility index (Phi) is 6.11. The lowest BCUT2D eigenvalue weighted by molar-refractivity contribution is -0.117. The third-order valence-corrected chi connectivity index (χ3v) is 5.63. The molecule has 0 aromatic heterocycles. The summed E-state index contributed by atoms with van der Waals surface area (Å²) in [4.78, 5) is 12.0. The number of nitrogens with one attached hydrogen (secondary N) is 2. The van der Waals surface area contributed by atoms with Crippen molar-refractivity contribution in [3.8, 4) is 0 Å². The van der Waals surface area contributed by atoms with E-state index < -0.39 is 22.0 Å². The van der Waals surface area contributed by atoms with Gasteiger partial charge < -0.3 is 5.32 Å². The van der Waals surface area contributed by atoms with Gasteiger partial charge in [-0.3, -0.25) is 4.79 Å². The normalized spacial score (nSPS) is 12.7. The minimum absolute atomic E-state index is 0.00520. The van der Waals surface area contributed by atoms with Gasteiger partial charge in [-0.2, -0.15) is 4.72 Å². The van der Waals surface area contributed by atoms with E-state index in [2.05, 4.69) is 10.0 Å². The highest BCUT2D eigenvalue weighted by atomic mass is 35.5. The maximum absolute atomic E-state index is 12.4. The maximum atomic E-state index is 12.4. The molecular weight excluding hydrogens is 395 g/mol. The first-order chi connectivity index (χ1) is 11.2. The molecule has 0 aliphatic rings. The van der Waals surface area contributed by atoms with Gasteiger partial charge in [0.1, 0.15) is 4.90 Å². The van der Waals surface area contributed by atoms with Crippen molar-refractivity contribution in [1.82, 2.24) is 4.72 Å². The topological polar surface area (TPSA) is 75.3 Å². The molecular formula is C15H13Cl3N2O3S. The molecule has 0 heterocycles. The average molecular weight is 408 g/mol. The van der Waals surface area contributed by atoms with Gasteiger partial charge in [-0.15, -0.1) is 0 Å². The van der Waals surface area contributed by atoms with Gasteiger partial charge in [-0.1, -0.05) is 46.9 Å². The minimum atomic E-state index is -4.02. The molecule has 5 nitrogen and oxygen atoms in total. The SMILES string of the molecule is C[C@H](NS(=O)(=O)c1cc(Cl)ccc1Cl)C(=O)Nc1ccccc1Cl. The van der Waals surface area contributed by atoms with Crippen molar-refractivity contribution < 1.29 is 13.2 Å². The first-order valence-electron chi connectivity index (χ1n) is 6.73. The highest BCUT2D eigenvalue weighted by Crippen LogP contribution is 2.25. The summed E-state index contributed by atoms with van der Waals surface area (Å²) in [6.07, 6.45) is 0. The number of halogens is 3. The fraction of sp³-hybridized carbons (Fsp3) is 0.133. The van der Waals surface area contributed by atoms with E-state index in [0.717, 1.165) is 0 Å². The van der Waals surface area contributed by atoms with E-state index in [-0.39, 0.29) is 14.9 Å². The Balaban J connectivity index is 2.16. The van der Waals surface area contributed by atoms with Crippen LogP contribution in [-0.2, 0) is 14.8 Å². The summed E-state index contributed by atoms with van der Waals surface area (Å²) in [6, 6.07) is 9.62. The van der Waals surface area contributed by atoms with Gasteiger partial charge in [0.25, 0.3) is 0 Å². The highest BCUT2D eigenvalue weighted by molar-refractivity contribution is 7.89. The number of hydrogen-bond acceptors (Lipinski definition) is 3. The first kappa shape index (κ1) is 19.0. The van der Waals surface area contributed by atoms with Crippen molar-refractivity contribution in [1.29, 1.82) is 0 Å². The van der Waals surface area contributed by atoms with E-state index in [1.165, 1.54) is 25.1 Å². The van der Waals surface area contributed by atoms with Crippen LogP contribution in [0.5, 0.6) is 0 Å². The molecule has 0 bridgehead atoms. The minimum Gasteiger partial charge on any atom is -0.323 e. The molecule has 0 spiro atoms. The van der Waals surface area contributed by atoms with Crippen LogP contribution in [0, 0.1) is 0 Å². The molecule has 24 heavy (non-hydrogen) atoms. The smallest absolute Gasteiger partial charge is 0.242 e. The van der Waals surface area contributed by atoms with Gasteiger partial charge in [0.2, 0.25) is 15.9 Å². The van der Waals surface area contributed by atoms with Crippen LogP contribution in [0.4, 0.5) is 5.69 Å². The Hall–Kier alpha value is -1.31. The van der Waals surface area contributed by atoms with Gasteiger partial charge in [-0.25, -0.2) is 8.42 Å². The third kappa shape index (κ3) is 4.62. The predicted molar refractivity (Wildman–Crippen MR) is 96.3 cm³/mol. The van der Waals surface area contributed by atoms with Gasteiger partial charge >= 0.3 is 0 Å². The number of carbonyl (C=O) groups excluding carboxylic acids is 1. The summed E-state index contributed by atoms with van der Waals surface area (Å²) < 4.78 is 27.0. The summed E-state index contributed by atoms with van der Waals surface area (Å²) in [5, 5.41) is 3.12. The molecule has 1 amide bonds. The molecule has 1 atom stereocenters. The predicted octanol–water partition coefficient (Wildman–Crippen LogP) is 3.95. The number of hydrogen-bond donors (Lipinski definition) is 2. The number of para-hydroxylation sites is 1. The van der Waals surface area contributed by atoms with Gasteiger partial charge in [0.15, 0.2) is 0 Å². The van der Waals surface area contributed by atoms with Gasteiger partial charge in [-0.05, 0) is 37.3 Å². The molecule has 0 saturated heterocycles. The molecule has 2 aromatic carbocycles. The second-order valence-corrected chi connectivity index (χ2v) is 7.82. The van der Waals surface area contributed by atoms with Gasteiger partial charge in [0, 0.05) is 5.02 Å². The zero-order valence-corrected chi connectivity index (χ0v) is 15.5. The van der Waals surface area contributed by atoms with Crippen LogP contribution in [0.2, 0.25) is 15.1 Å². The fourth-order valence-corrected chi connectivity index (χ4v) is 3.98. The summed E-state index contributed by atoms with van der Waals surface area (Å²) in [6.45, 7) is 1.40. The molecule has 0 radical (unpaired) electrons. The number of carbonyl (C=O) groups is 1. The average Bonchev–Trinajstić information content (AvgIpc) is 2.51. The molecule has 2 N–H and O–H groups in total. The van der Waals surface area contributed by atoms with Crippen molar-refractivity contribution >= 4 is 56.4 Å². The lowest BCUT2D eigenvalue weighted by Gasteiger charge is -2.15. The standard InChI is InChI=1S/C15H13Cl3N2O3S/c1-9(15(21)19-13-5-3-2-4-11(13)17)20-24(22,23)14-8-10(16)6-7-12(14)18/h2-9,20H,1H3,(H,19,21)/t9-/m0/s1. The van der Waals surface area contributed by atoms with Crippen LogP contribution in [0.15, 0.2) is 47.4 Å². The number of sulfonamides is 1. The van der Waals surface area contributed by atoms with E-state index in [1.807, 2.05) is 0 Å². The molecule has 0 aliphatic carbocycles. The molecule has 2 aromatic rings. The van der Waals surface area contributed by atoms with Crippen LogP contribution in [0.1, 0.15) is 6.92 Å². The fourth-order valence-electron chi connectivity index (χ4n) is 1.84. The molecule has 0 unspecified atom stereocenters. The summed E-state index contributed by atoms with van der Waals surface area (Å²) in [5.41, 5.74) is 0.385. The summed E-state index contributed by atoms with van der Waals surface area (Å²) in [7, 11) is -4.02. The Morgan fingerprint density at radius 1 is 1.04 bits per heavy atom. The van der Waals surface area contributed by atoms with Crippen LogP contribution in [0.3, 0.4) is 0 Å². The Morgan fingerprint density at radius 2 is 1.71 bits per heavy atom. The maximum Gasteiger partial charge on any atom is 0.242 e. The van der Waals surface area contributed by atoms with Gasteiger partial charge in [0.05, 0.1) is 21.8 Å². The summed E-state index contributed by atoms with van der Waals surface area (Å²) >= 11 is 17.7. The van der Waals surface area contributed by atoms with E-state index in [1.54, 1.807) is 24.3 Å². The molecule has 0 aliphatic heterocycles. The Labute approximate surface area is 155 Å². The second kappa shape index (κ2) is 7.72. The van der Waals surface area contributed by atoms with Crippen molar-refractivity contribution in [2.75, 3.05) is 5.32 Å².